The smallest absolute Gasteiger partial charge is 0.0363 e. The lowest BCUT2D eigenvalue weighted by Gasteiger charge is -2.16. The molecule has 0 saturated heterocycles. The highest BCUT2D eigenvalue weighted by Crippen LogP contribution is 2.06. The van der Waals surface area contributed by atoms with Crippen LogP contribution in [0.3, 0.4) is 0 Å². The van der Waals surface area contributed by atoms with E-state index in [1.807, 2.05) is 0 Å². The van der Waals surface area contributed by atoms with Crippen molar-refractivity contribution in [2.75, 3.05) is 13.1 Å². The van der Waals surface area contributed by atoms with Crippen LogP contribution in [-0.4, -0.2) is 18.0 Å². The molecule has 0 bridgehead atoms. The van der Waals surface area contributed by atoms with Gasteiger partial charge in [0.1, 0.15) is 0 Å². The van der Waals surface area contributed by atoms with Crippen molar-refractivity contribution in [1.82, 2.24) is 4.90 Å². The van der Waals surface area contributed by atoms with Crippen molar-refractivity contribution >= 4 is 0 Å². The zero-order valence-electron chi connectivity index (χ0n) is 5.51. The van der Waals surface area contributed by atoms with E-state index in [-0.39, 0.29) is 0 Å². The summed E-state index contributed by atoms with van der Waals surface area (Å²) in [5.41, 5.74) is 1.01. The van der Waals surface area contributed by atoms with E-state index in [0.29, 0.717) is 0 Å². The van der Waals surface area contributed by atoms with Crippen LogP contribution in [0.4, 0.5) is 0 Å². The Kier molecular flexibility index (Phi) is 1.73. The second-order valence-electron chi connectivity index (χ2n) is 2.07. The Labute approximate surface area is 56.0 Å². The summed E-state index contributed by atoms with van der Waals surface area (Å²) in [5.74, 6) is 0. The molecule has 0 aromatic rings. The van der Waals surface area contributed by atoms with Crippen molar-refractivity contribution in [3.8, 4) is 0 Å². The highest BCUT2D eigenvalue weighted by atomic mass is 15.1. The van der Waals surface area contributed by atoms with Crippen molar-refractivity contribution in [1.29, 1.82) is 0 Å². The predicted octanol–water partition coefficient (Wildman–Crippen LogP) is 1.56. The summed E-state index contributed by atoms with van der Waals surface area (Å²) >= 11 is 0. The lowest BCUT2D eigenvalue weighted by Crippen LogP contribution is -2.16. The molecule has 0 aliphatic carbocycles. The molecule has 1 heterocycles. The fraction of sp³-hybridized carbons (Fsp3) is 0.250. The molecule has 0 spiro atoms. The lowest BCUT2D eigenvalue weighted by atomic mass is 10.4. The Balaban J connectivity index is 2.45. The Morgan fingerprint density at radius 2 is 2.00 bits per heavy atom. The number of hydrogen-bond acceptors (Lipinski definition) is 1. The summed E-state index contributed by atoms with van der Waals surface area (Å²) in [5, 5.41) is 0. The van der Waals surface area contributed by atoms with E-state index >= 15 is 0 Å². The monoisotopic (exact) mass is 121 g/mol. The van der Waals surface area contributed by atoms with Gasteiger partial charge >= 0.3 is 0 Å². The molecule has 0 aromatic carbocycles. The molecule has 1 aliphatic heterocycles. The predicted molar refractivity (Wildman–Crippen MR) is 40.1 cm³/mol. The topological polar surface area (TPSA) is 3.24 Å². The summed E-state index contributed by atoms with van der Waals surface area (Å²) < 4.78 is 0. The third kappa shape index (κ3) is 1.22. The van der Waals surface area contributed by atoms with Crippen LogP contribution >= 0.6 is 0 Å². The second-order valence-corrected chi connectivity index (χ2v) is 2.07. The first kappa shape index (κ1) is 6.14. The molecule has 9 heavy (non-hydrogen) atoms. The van der Waals surface area contributed by atoms with Crippen molar-refractivity contribution in [2.24, 2.45) is 0 Å². The number of nitrogens with zero attached hydrogens (tertiary/aromatic N) is 1. The first-order valence-electron chi connectivity index (χ1n) is 3.06. The minimum atomic E-state index is 0.991. The molecule has 0 atom stereocenters. The maximum absolute atomic E-state index is 3.82. The molecule has 1 rings (SSSR count). The lowest BCUT2D eigenvalue weighted by molar-refractivity contribution is 0.460. The van der Waals surface area contributed by atoms with Crippen molar-refractivity contribution < 1.29 is 0 Å². The average Bonchev–Trinajstić information content (AvgIpc) is 2.37. The van der Waals surface area contributed by atoms with E-state index in [9.17, 15) is 0 Å². The van der Waals surface area contributed by atoms with Gasteiger partial charge in [-0.3, -0.25) is 0 Å². The fourth-order valence-corrected chi connectivity index (χ4v) is 0.842. The highest BCUT2D eigenvalue weighted by Gasteiger charge is 2.03. The molecule has 0 fully saturated rings. The van der Waals surface area contributed by atoms with Gasteiger partial charge < -0.3 is 4.90 Å². The van der Waals surface area contributed by atoms with Crippen LogP contribution in [0.5, 0.6) is 0 Å². The Hall–Kier alpha value is -0.980. The van der Waals surface area contributed by atoms with Gasteiger partial charge in [0.05, 0.1) is 0 Å². The van der Waals surface area contributed by atoms with E-state index in [1.54, 1.807) is 6.08 Å². The van der Waals surface area contributed by atoms with Gasteiger partial charge in [-0.15, -0.1) is 0 Å². The quantitative estimate of drug-likeness (QED) is 0.396. The van der Waals surface area contributed by atoms with E-state index in [4.69, 9.17) is 0 Å². The molecule has 0 radical (unpaired) electrons. The van der Waals surface area contributed by atoms with E-state index in [0.717, 1.165) is 18.8 Å². The van der Waals surface area contributed by atoms with Gasteiger partial charge in [-0.25, -0.2) is 0 Å². The molecular weight excluding hydrogens is 110 g/mol. The molecule has 1 nitrogen and oxygen atoms in total. The van der Waals surface area contributed by atoms with Gasteiger partial charge in [0.15, 0.2) is 0 Å². The largest absolute Gasteiger partial charge is 0.365 e. The first-order chi connectivity index (χ1) is 4.34. The minimum absolute atomic E-state index is 0.991. The fourth-order valence-electron chi connectivity index (χ4n) is 0.842. The zero-order chi connectivity index (χ0) is 6.69. The van der Waals surface area contributed by atoms with Crippen LogP contribution in [0, 0.1) is 0 Å². The molecule has 0 unspecified atom stereocenters. The number of allylic oxidation sites excluding steroid dienone is 1. The number of rotatable bonds is 2. The van der Waals surface area contributed by atoms with Gasteiger partial charge in [0.2, 0.25) is 0 Å². The first-order valence-corrected chi connectivity index (χ1v) is 3.06. The van der Waals surface area contributed by atoms with Crippen LogP contribution in [0.2, 0.25) is 0 Å². The molecular formula is C8H11N. The third-order valence-corrected chi connectivity index (χ3v) is 1.46. The molecule has 0 saturated carbocycles. The van der Waals surface area contributed by atoms with Gasteiger partial charge in [-0.1, -0.05) is 25.3 Å². The van der Waals surface area contributed by atoms with Crippen LogP contribution in [-0.2, 0) is 0 Å². The minimum Gasteiger partial charge on any atom is -0.365 e. The maximum Gasteiger partial charge on any atom is 0.0363 e. The molecule has 0 amide bonds. The van der Waals surface area contributed by atoms with Crippen LogP contribution in [0.1, 0.15) is 0 Å². The van der Waals surface area contributed by atoms with E-state index in [1.165, 1.54) is 0 Å². The van der Waals surface area contributed by atoms with Gasteiger partial charge in [0, 0.05) is 18.8 Å². The van der Waals surface area contributed by atoms with Crippen LogP contribution < -0.4 is 0 Å². The van der Waals surface area contributed by atoms with Crippen molar-refractivity contribution in [2.45, 2.75) is 0 Å². The van der Waals surface area contributed by atoms with Crippen molar-refractivity contribution in [3.63, 3.8) is 0 Å². The third-order valence-electron chi connectivity index (χ3n) is 1.46. The second kappa shape index (κ2) is 2.53. The van der Waals surface area contributed by atoms with Gasteiger partial charge in [-0.05, 0) is 6.08 Å². The van der Waals surface area contributed by atoms with Crippen molar-refractivity contribution in [3.05, 3.63) is 37.1 Å². The summed E-state index contributed by atoms with van der Waals surface area (Å²) in [6.45, 7) is 9.44. The Morgan fingerprint density at radius 3 is 2.44 bits per heavy atom. The zero-order valence-corrected chi connectivity index (χ0v) is 5.51. The molecule has 0 N–H and O–H groups in total. The van der Waals surface area contributed by atoms with E-state index < -0.39 is 0 Å². The number of hydrogen-bond donors (Lipinski definition) is 0. The standard InChI is InChI=1S/C8H11N/c1-3-8(2)9-6-4-5-7-9/h3-5H,1-2,6-7H2. The van der Waals surface area contributed by atoms with E-state index in [2.05, 4.69) is 30.2 Å². The van der Waals surface area contributed by atoms with Gasteiger partial charge in [-0.2, -0.15) is 0 Å². The Bertz CT molecular complexity index is 148. The Morgan fingerprint density at radius 1 is 1.44 bits per heavy atom. The SMILES string of the molecule is C=CC(=C)N1CC=CC1. The molecule has 1 heteroatoms. The highest BCUT2D eigenvalue weighted by molar-refractivity contribution is 5.15. The summed E-state index contributed by atoms with van der Waals surface area (Å²) in [7, 11) is 0. The summed E-state index contributed by atoms with van der Waals surface area (Å²) in [6.07, 6.45) is 6.05. The molecule has 48 valence electrons. The van der Waals surface area contributed by atoms with Gasteiger partial charge in [0.25, 0.3) is 0 Å². The maximum atomic E-state index is 3.82. The molecule has 1 aliphatic rings. The normalized spacial score (nSPS) is 16.2. The average molecular weight is 121 g/mol. The molecule has 0 aromatic heterocycles. The summed E-state index contributed by atoms with van der Waals surface area (Å²) in [6, 6.07) is 0. The van der Waals surface area contributed by atoms with Crippen LogP contribution in [0.15, 0.2) is 37.1 Å². The van der Waals surface area contributed by atoms with Crippen LogP contribution in [0.25, 0.3) is 0 Å². The summed E-state index contributed by atoms with van der Waals surface area (Å²) in [4.78, 5) is 2.16.